The van der Waals surface area contributed by atoms with Crippen molar-refractivity contribution in [2.24, 2.45) is 0 Å². The molecule has 0 aliphatic heterocycles. The summed E-state index contributed by atoms with van der Waals surface area (Å²) in [7, 11) is 1.25. The van der Waals surface area contributed by atoms with E-state index in [9.17, 15) is 0 Å². The zero-order chi connectivity index (χ0) is 16.6. The molecule has 118 valence electrons. The van der Waals surface area contributed by atoms with Crippen molar-refractivity contribution in [3.8, 4) is 0 Å². The second kappa shape index (κ2) is 6.17. The van der Waals surface area contributed by atoms with Crippen molar-refractivity contribution in [3.05, 3.63) is 28.8 Å². The van der Waals surface area contributed by atoms with E-state index in [4.69, 9.17) is 0 Å². The maximum absolute atomic E-state index is 3.51. The Morgan fingerprint density at radius 3 is 1.38 bits per heavy atom. The van der Waals surface area contributed by atoms with E-state index in [-0.39, 0.29) is 16.2 Å². The van der Waals surface area contributed by atoms with Crippen LogP contribution in [0.1, 0.15) is 79.0 Å². The molecule has 2 heteroatoms. The molecule has 21 heavy (non-hydrogen) atoms. The normalized spacial score (nSPS) is 14.0. The van der Waals surface area contributed by atoms with E-state index in [0.717, 1.165) is 0 Å². The molecule has 0 atom stereocenters. The second-order valence-electron chi connectivity index (χ2n) is 8.90. The van der Waals surface area contributed by atoms with Crippen LogP contribution >= 0.6 is 24.1 Å². The quantitative estimate of drug-likeness (QED) is 0.509. The van der Waals surface area contributed by atoms with Gasteiger partial charge < -0.3 is 0 Å². The van der Waals surface area contributed by atoms with Crippen LogP contribution in [0.2, 0.25) is 0 Å². The standard InChI is InChI=1S/C19H30BrP/c1-17(2,3)13-10-14(18(4,5)6)16(21-12-20)15(11-13)19(7,8)9/h10-12H,1-9H3. The molecule has 0 aromatic heterocycles. The van der Waals surface area contributed by atoms with Crippen molar-refractivity contribution >= 4 is 34.1 Å². The summed E-state index contributed by atoms with van der Waals surface area (Å²) in [6.07, 6.45) is 0. The van der Waals surface area contributed by atoms with Gasteiger partial charge in [0.1, 0.15) is 0 Å². The summed E-state index contributed by atoms with van der Waals surface area (Å²) in [5.41, 5.74) is 4.85. The van der Waals surface area contributed by atoms with Crippen molar-refractivity contribution in [2.75, 3.05) is 0 Å². The number of halogens is 1. The Bertz CT molecular complexity index is 499. The average Bonchev–Trinajstić information content (AvgIpc) is 2.24. The molecule has 0 saturated heterocycles. The molecule has 0 heterocycles. The van der Waals surface area contributed by atoms with Gasteiger partial charge in [0.25, 0.3) is 0 Å². The van der Waals surface area contributed by atoms with E-state index in [1.165, 1.54) is 30.2 Å². The minimum absolute atomic E-state index is 0.152. The molecular weight excluding hydrogens is 339 g/mol. The summed E-state index contributed by atoms with van der Waals surface area (Å²) < 4.78 is 2.07. The van der Waals surface area contributed by atoms with E-state index >= 15 is 0 Å². The van der Waals surface area contributed by atoms with E-state index in [0.29, 0.717) is 0 Å². The van der Waals surface area contributed by atoms with Gasteiger partial charge >= 0.3 is 0 Å². The van der Waals surface area contributed by atoms with Crippen LogP contribution in [-0.2, 0) is 16.2 Å². The molecule has 0 fully saturated rings. The lowest BCUT2D eigenvalue weighted by molar-refractivity contribution is 0.554. The first kappa shape index (κ1) is 18.9. The predicted molar refractivity (Wildman–Crippen MR) is 104 cm³/mol. The summed E-state index contributed by atoms with van der Waals surface area (Å²) in [5.74, 6) is 0. The van der Waals surface area contributed by atoms with Crippen LogP contribution in [-0.4, -0.2) is 4.71 Å². The lowest BCUT2D eigenvalue weighted by Crippen LogP contribution is -2.29. The van der Waals surface area contributed by atoms with Gasteiger partial charge in [0.05, 0.1) is 0 Å². The van der Waals surface area contributed by atoms with E-state index in [1.807, 2.05) is 0 Å². The molecule has 0 bridgehead atoms. The third-order valence-electron chi connectivity index (χ3n) is 3.77. The fraction of sp³-hybridized carbons (Fsp3) is 0.632. The van der Waals surface area contributed by atoms with Crippen LogP contribution in [0.3, 0.4) is 0 Å². The first-order valence-electron chi connectivity index (χ1n) is 7.60. The summed E-state index contributed by atoms with van der Waals surface area (Å²) in [4.78, 5) is 0. The molecular formula is C19H30BrP. The topological polar surface area (TPSA) is 0 Å². The van der Waals surface area contributed by atoms with Crippen LogP contribution in [0, 0.1) is 0 Å². The molecule has 1 aromatic rings. The summed E-state index contributed by atoms with van der Waals surface area (Å²) in [6.45, 7) is 20.8. The number of rotatable bonds is 1. The van der Waals surface area contributed by atoms with Crippen LogP contribution < -0.4 is 5.30 Å². The monoisotopic (exact) mass is 368 g/mol. The van der Waals surface area contributed by atoms with E-state index < -0.39 is 0 Å². The van der Waals surface area contributed by atoms with Crippen molar-refractivity contribution in [2.45, 2.75) is 78.6 Å². The predicted octanol–water partition coefficient (Wildman–Crippen LogP) is 6.31. The Kier molecular flexibility index (Phi) is 5.56. The van der Waals surface area contributed by atoms with Gasteiger partial charge in [0.2, 0.25) is 0 Å². The first-order chi connectivity index (χ1) is 9.28. The minimum atomic E-state index is 0.152. The number of benzene rings is 1. The molecule has 0 spiro atoms. The molecule has 0 saturated carbocycles. The molecule has 0 radical (unpaired) electrons. The summed E-state index contributed by atoms with van der Waals surface area (Å²) in [6, 6.07) is 4.85. The lowest BCUT2D eigenvalue weighted by Gasteiger charge is -2.32. The zero-order valence-corrected chi connectivity index (χ0v) is 17.5. The highest BCUT2D eigenvalue weighted by atomic mass is 79.9. The third kappa shape index (κ3) is 4.67. The smallest absolute Gasteiger partial charge is 0.00977 e. The third-order valence-corrected chi connectivity index (χ3v) is 5.22. The van der Waals surface area contributed by atoms with Crippen molar-refractivity contribution in [1.82, 2.24) is 0 Å². The maximum Gasteiger partial charge on any atom is 0.00977 e. The Morgan fingerprint density at radius 1 is 0.762 bits per heavy atom. The highest BCUT2D eigenvalue weighted by Crippen LogP contribution is 2.35. The van der Waals surface area contributed by atoms with Gasteiger partial charge in [0, 0.05) is 10.0 Å². The van der Waals surface area contributed by atoms with Gasteiger partial charge in [-0.25, -0.2) is 0 Å². The molecule has 0 amide bonds. The Labute approximate surface area is 141 Å². The largest absolute Gasteiger partial charge is 0.0602 e. The zero-order valence-electron chi connectivity index (χ0n) is 15.1. The van der Waals surface area contributed by atoms with Crippen LogP contribution in [0.4, 0.5) is 0 Å². The van der Waals surface area contributed by atoms with Crippen LogP contribution in [0.15, 0.2) is 12.1 Å². The molecule has 0 aliphatic carbocycles. The van der Waals surface area contributed by atoms with Crippen molar-refractivity contribution in [1.29, 1.82) is 0 Å². The van der Waals surface area contributed by atoms with Gasteiger partial charge in [-0.1, -0.05) is 98.6 Å². The minimum Gasteiger partial charge on any atom is -0.0602 e. The maximum atomic E-state index is 3.51. The van der Waals surface area contributed by atoms with E-state index in [2.05, 4.69) is 95.1 Å². The highest BCUT2D eigenvalue weighted by Gasteiger charge is 2.28. The molecule has 1 rings (SSSR count). The van der Waals surface area contributed by atoms with Gasteiger partial charge in [-0.2, -0.15) is 0 Å². The Hall–Kier alpha value is -0.130. The number of hydrogen-bond donors (Lipinski definition) is 0. The van der Waals surface area contributed by atoms with Gasteiger partial charge in [-0.05, 0) is 32.9 Å². The summed E-state index contributed by atoms with van der Waals surface area (Å²) in [5, 5.41) is 1.46. The van der Waals surface area contributed by atoms with Gasteiger partial charge in [0.15, 0.2) is 0 Å². The average molecular weight is 369 g/mol. The van der Waals surface area contributed by atoms with Crippen LogP contribution in [0.5, 0.6) is 0 Å². The van der Waals surface area contributed by atoms with Crippen molar-refractivity contribution in [3.63, 3.8) is 0 Å². The molecule has 1 aromatic carbocycles. The first-order valence-corrected chi connectivity index (χ1v) is 9.48. The molecule has 0 nitrogen and oxygen atoms in total. The van der Waals surface area contributed by atoms with E-state index in [1.54, 1.807) is 0 Å². The molecule has 0 unspecified atom stereocenters. The Morgan fingerprint density at radius 2 is 1.14 bits per heavy atom. The van der Waals surface area contributed by atoms with Gasteiger partial charge in [-0.3, -0.25) is 0 Å². The van der Waals surface area contributed by atoms with Crippen LogP contribution in [0.25, 0.3) is 0 Å². The highest BCUT2D eigenvalue weighted by molar-refractivity contribution is 9.18. The van der Waals surface area contributed by atoms with Crippen molar-refractivity contribution < 1.29 is 0 Å². The molecule has 0 N–H and O–H groups in total. The second-order valence-corrected chi connectivity index (χ2v) is 11.0. The lowest BCUT2D eigenvalue weighted by atomic mass is 9.75. The van der Waals surface area contributed by atoms with Gasteiger partial charge in [-0.15, -0.1) is 0 Å². The fourth-order valence-corrected chi connectivity index (χ4v) is 4.19. The Balaban J connectivity index is 3.84. The fourth-order valence-electron chi connectivity index (χ4n) is 2.40. The number of hydrogen-bond acceptors (Lipinski definition) is 0. The summed E-state index contributed by atoms with van der Waals surface area (Å²) >= 11 is 3.51. The SMILES string of the molecule is CC(C)(C)c1cc(C(C)(C)C)c(P=CBr)c(C(C)(C)C)c1. The molecule has 0 aliphatic rings.